The molecule has 3 nitrogen and oxygen atoms in total. The van der Waals surface area contributed by atoms with Gasteiger partial charge in [0.25, 0.3) is 0 Å². The maximum absolute atomic E-state index is 6.08. The predicted octanol–water partition coefficient (Wildman–Crippen LogP) is 4.93. The summed E-state index contributed by atoms with van der Waals surface area (Å²) in [4.78, 5) is 4.76. The molecule has 1 fully saturated rings. The SMILES string of the molecule is Nc1cc(-c2nc3cc(Cl)ccc3n2C2CC2)ccc1Cl. The maximum Gasteiger partial charge on any atom is 0.141 e. The summed E-state index contributed by atoms with van der Waals surface area (Å²) in [5.74, 6) is 0.929. The highest BCUT2D eigenvalue weighted by atomic mass is 35.5. The van der Waals surface area contributed by atoms with E-state index in [0.29, 0.717) is 21.8 Å². The van der Waals surface area contributed by atoms with E-state index < -0.39 is 0 Å². The van der Waals surface area contributed by atoms with Gasteiger partial charge in [-0.3, -0.25) is 0 Å². The fourth-order valence-electron chi connectivity index (χ4n) is 2.66. The molecule has 1 saturated carbocycles. The Hall–Kier alpha value is -1.71. The summed E-state index contributed by atoms with van der Waals surface area (Å²) in [6.45, 7) is 0. The van der Waals surface area contributed by atoms with E-state index in [4.69, 9.17) is 33.9 Å². The van der Waals surface area contributed by atoms with Crippen LogP contribution in [0.3, 0.4) is 0 Å². The minimum absolute atomic E-state index is 0.517. The van der Waals surface area contributed by atoms with Crippen molar-refractivity contribution in [2.24, 2.45) is 0 Å². The zero-order valence-corrected chi connectivity index (χ0v) is 12.7. The van der Waals surface area contributed by atoms with E-state index in [1.54, 1.807) is 0 Å². The fraction of sp³-hybridized carbons (Fsp3) is 0.188. The predicted molar refractivity (Wildman–Crippen MR) is 87.9 cm³/mol. The van der Waals surface area contributed by atoms with Gasteiger partial charge in [0.05, 0.1) is 21.7 Å². The second kappa shape index (κ2) is 4.65. The van der Waals surface area contributed by atoms with Crippen LogP contribution in [0.5, 0.6) is 0 Å². The first kappa shape index (κ1) is 13.0. The Kier molecular flexibility index (Phi) is 2.88. The van der Waals surface area contributed by atoms with Crippen LogP contribution in [0, 0.1) is 0 Å². The number of halogens is 2. The lowest BCUT2D eigenvalue weighted by Crippen LogP contribution is -1.98. The average Bonchev–Trinajstić information content (AvgIpc) is 3.22. The van der Waals surface area contributed by atoms with Crippen LogP contribution in [0.15, 0.2) is 36.4 Å². The molecular weight excluding hydrogens is 305 g/mol. The van der Waals surface area contributed by atoms with Gasteiger partial charge < -0.3 is 10.3 Å². The second-order valence-corrected chi connectivity index (χ2v) is 6.25. The lowest BCUT2D eigenvalue weighted by Gasteiger charge is -2.08. The highest BCUT2D eigenvalue weighted by Crippen LogP contribution is 2.42. The van der Waals surface area contributed by atoms with Gasteiger partial charge in [-0.25, -0.2) is 4.98 Å². The number of nitrogens with zero attached hydrogens (tertiary/aromatic N) is 2. The average molecular weight is 318 g/mol. The molecule has 1 aromatic heterocycles. The first-order valence-electron chi connectivity index (χ1n) is 6.86. The summed E-state index contributed by atoms with van der Waals surface area (Å²) in [5.41, 5.74) is 9.51. The Balaban J connectivity index is 1.98. The number of fused-ring (bicyclic) bond motifs is 1. The van der Waals surface area contributed by atoms with Crippen LogP contribution in [-0.4, -0.2) is 9.55 Å². The van der Waals surface area contributed by atoms with Crippen molar-refractivity contribution in [3.63, 3.8) is 0 Å². The number of hydrogen-bond acceptors (Lipinski definition) is 2. The van der Waals surface area contributed by atoms with Crippen molar-refractivity contribution in [3.8, 4) is 11.4 Å². The van der Waals surface area contributed by atoms with Crippen LogP contribution in [0.25, 0.3) is 22.4 Å². The number of imidazole rings is 1. The van der Waals surface area contributed by atoms with Gasteiger partial charge in [-0.1, -0.05) is 23.2 Å². The number of anilines is 1. The Bertz CT molecular complexity index is 850. The third-order valence-corrected chi connectivity index (χ3v) is 4.40. The highest BCUT2D eigenvalue weighted by molar-refractivity contribution is 6.33. The zero-order chi connectivity index (χ0) is 14.6. The molecule has 0 bridgehead atoms. The van der Waals surface area contributed by atoms with E-state index in [2.05, 4.69) is 4.57 Å². The summed E-state index contributed by atoms with van der Waals surface area (Å²) >= 11 is 12.1. The molecule has 0 aliphatic heterocycles. The number of aromatic nitrogens is 2. The molecular formula is C16H13Cl2N3. The van der Waals surface area contributed by atoms with Crippen molar-refractivity contribution in [2.45, 2.75) is 18.9 Å². The molecule has 21 heavy (non-hydrogen) atoms. The van der Waals surface area contributed by atoms with E-state index in [-0.39, 0.29) is 0 Å². The molecule has 4 rings (SSSR count). The summed E-state index contributed by atoms with van der Waals surface area (Å²) in [7, 11) is 0. The van der Waals surface area contributed by atoms with Gasteiger partial charge in [-0.15, -0.1) is 0 Å². The van der Waals surface area contributed by atoms with Crippen molar-refractivity contribution in [1.29, 1.82) is 0 Å². The maximum atomic E-state index is 6.08. The van der Waals surface area contributed by atoms with Crippen LogP contribution >= 0.6 is 23.2 Å². The van der Waals surface area contributed by atoms with E-state index in [1.807, 2.05) is 36.4 Å². The molecule has 1 aliphatic rings. The summed E-state index contributed by atoms with van der Waals surface area (Å²) < 4.78 is 2.29. The molecule has 1 heterocycles. The molecule has 2 N–H and O–H groups in total. The summed E-state index contributed by atoms with van der Waals surface area (Å²) in [6.07, 6.45) is 2.37. The molecule has 3 aromatic rings. The number of benzene rings is 2. The molecule has 0 amide bonds. The van der Waals surface area contributed by atoms with Gasteiger partial charge in [-0.05, 0) is 49.2 Å². The van der Waals surface area contributed by atoms with Crippen LogP contribution < -0.4 is 5.73 Å². The normalized spacial score (nSPS) is 14.8. The van der Waals surface area contributed by atoms with E-state index in [1.165, 1.54) is 12.8 Å². The fourth-order valence-corrected chi connectivity index (χ4v) is 2.94. The van der Waals surface area contributed by atoms with Crippen LogP contribution in [-0.2, 0) is 0 Å². The van der Waals surface area contributed by atoms with Gasteiger partial charge in [-0.2, -0.15) is 0 Å². The van der Waals surface area contributed by atoms with Crippen molar-refractivity contribution in [1.82, 2.24) is 9.55 Å². The summed E-state index contributed by atoms with van der Waals surface area (Å²) in [5, 5.41) is 1.26. The Morgan fingerprint density at radius 2 is 1.90 bits per heavy atom. The van der Waals surface area contributed by atoms with Crippen LogP contribution in [0.2, 0.25) is 10.0 Å². The molecule has 2 aromatic carbocycles. The minimum atomic E-state index is 0.517. The minimum Gasteiger partial charge on any atom is -0.398 e. The monoisotopic (exact) mass is 317 g/mol. The number of nitrogen functional groups attached to an aromatic ring is 1. The Morgan fingerprint density at radius 1 is 1.10 bits per heavy atom. The van der Waals surface area contributed by atoms with Gasteiger partial charge in [0.15, 0.2) is 0 Å². The van der Waals surface area contributed by atoms with E-state index >= 15 is 0 Å². The zero-order valence-electron chi connectivity index (χ0n) is 11.2. The molecule has 0 unspecified atom stereocenters. The van der Waals surface area contributed by atoms with Crippen LogP contribution in [0.4, 0.5) is 5.69 Å². The molecule has 0 radical (unpaired) electrons. The standard InChI is InChI=1S/C16H13Cl2N3/c17-10-2-6-15-14(8-10)20-16(21(15)11-3-4-11)9-1-5-12(18)13(19)7-9/h1-2,5-8,11H,3-4,19H2. The number of hydrogen-bond donors (Lipinski definition) is 1. The highest BCUT2D eigenvalue weighted by Gasteiger charge is 2.28. The number of nitrogens with two attached hydrogens (primary N) is 1. The van der Waals surface area contributed by atoms with Crippen molar-refractivity contribution in [2.75, 3.05) is 5.73 Å². The summed E-state index contributed by atoms with van der Waals surface area (Å²) in [6, 6.07) is 12.0. The van der Waals surface area contributed by atoms with Crippen molar-refractivity contribution >= 4 is 39.9 Å². The van der Waals surface area contributed by atoms with Gasteiger partial charge in [0.2, 0.25) is 0 Å². The van der Waals surface area contributed by atoms with Gasteiger partial charge >= 0.3 is 0 Å². The van der Waals surface area contributed by atoms with Crippen LogP contribution in [0.1, 0.15) is 18.9 Å². The third kappa shape index (κ3) is 2.17. The lowest BCUT2D eigenvalue weighted by atomic mass is 10.2. The first-order valence-corrected chi connectivity index (χ1v) is 7.62. The Labute approximate surface area is 132 Å². The van der Waals surface area contributed by atoms with Crippen molar-refractivity contribution in [3.05, 3.63) is 46.4 Å². The third-order valence-electron chi connectivity index (χ3n) is 3.82. The topological polar surface area (TPSA) is 43.8 Å². The molecule has 5 heteroatoms. The largest absolute Gasteiger partial charge is 0.398 e. The second-order valence-electron chi connectivity index (χ2n) is 5.41. The van der Waals surface area contributed by atoms with Gasteiger partial charge in [0, 0.05) is 16.6 Å². The van der Waals surface area contributed by atoms with E-state index in [0.717, 1.165) is 22.4 Å². The van der Waals surface area contributed by atoms with Crippen molar-refractivity contribution < 1.29 is 0 Å². The Morgan fingerprint density at radius 3 is 2.62 bits per heavy atom. The van der Waals surface area contributed by atoms with Gasteiger partial charge in [0.1, 0.15) is 5.82 Å². The lowest BCUT2D eigenvalue weighted by molar-refractivity contribution is 0.775. The number of rotatable bonds is 2. The molecule has 0 saturated heterocycles. The molecule has 106 valence electrons. The quantitative estimate of drug-likeness (QED) is 0.681. The smallest absolute Gasteiger partial charge is 0.141 e. The molecule has 1 aliphatic carbocycles. The van der Waals surface area contributed by atoms with E-state index in [9.17, 15) is 0 Å². The first-order chi connectivity index (χ1) is 10.1. The molecule has 0 atom stereocenters. The molecule has 0 spiro atoms.